The van der Waals surface area contributed by atoms with Gasteiger partial charge in [0.25, 0.3) is 5.91 Å². The third-order valence-corrected chi connectivity index (χ3v) is 4.30. The van der Waals surface area contributed by atoms with Gasteiger partial charge >= 0.3 is 0 Å². The Kier molecular flexibility index (Phi) is 7.39. The van der Waals surface area contributed by atoms with Gasteiger partial charge in [0, 0.05) is 27.6 Å². The second-order valence-electron chi connectivity index (χ2n) is 4.99. The summed E-state index contributed by atoms with van der Waals surface area (Å²) in [4.78, 5) is 14.9. The quantitative estimate of drug-likeness (QED) is 0.509. The van der Waals surface area contributed by atoms with Crippen molar-refractivity contribution < 1.29 is 4.79 Å². The zero-order chi connectivity index (χ0) is 15.3. The first-order chi connectivity index (χ1) is 9.31. The van der Waals surface area contributed by atoms with Crippen molar-refractivity contribution in [2.45, 2.75) is 20.3 Å². The first-order valence-electron chi connectivity index (χ1n) is 6.34. The monoisotopic (exact) mass is 468 g/mol. The van der Waals surface area contributed by atoms with E-state index in [2.05, 4.69) is 52.4 Å². The maximum atomic E-state index is 12.7. The first-order valence-corrected chi connectivity index (χ1v) is 8.62. The number of nitrogens with zero attached hydrogens (tertiary/aromatic N) is 1. The van der Waals surface area contributed by atoms with E-state index in [1.54, 1.807) is 0 Å². The summed E-state index contributed by atoms with van der Waals surface area (Å²) in [7, 11) is 0. The molecule has 0 heterocycles. The van der Waals surface area contributed by atoms with E-state index in [0.29, 0.717) is 36.0 Å². The van der Waals surface area contributed by atoms with E-state index in [-0.39, 0.29) is 5.91 Å². The van der Waals surface area contributed by atoms with Gasteiger partial charge in [-0.3, -0.25) is 4.79 Å². The van der Waals surface area contributed by atoms with Crippen LogP contribution in [0.2, 0.25) is 0 Å². The molecule has 0 bridgehead atoms. The van der Waals surface area contributed by atoms with Crippen LogP contribution in [0.15, 0.2) is 22.7 Å². The fourth-order valence-electron chi connectivity index (χ4n) is 1.79. The van der Waals surface area contributed by atoms with Gasteiger partial charge in [-0.15, -0.1) is 0 Å². The maximum Gasteiger partial charge on any atom is 0.254 e. The smallest absolute Gasteiger partial charge is 0.254 e. The van der Waals surface area contributed by atoms with Crippen LogP contribution < -0.4 is 5.73 Å². The van der Waals surface area contributed by atoms with Crippen molar-refractivity contribution in [1.82, 2.24) is 4.90 Å². The molecule has 20 heavy (non-hydrogen) atoms. The summed E-state index contributed by atoms with van der Waals surface area (Å²) in [6, 6.07) is 5.72. The minimum atomic E-state index is 0.0284. The summed E-state index contributed by atoms with van der Waals surface area (Å²) in [5.74, 6) is 0.427. The first kappa shape index (κ1) is 17.8. The molecule has 0 aromatic heterocycles. The van der Waals surface area contributed by atoms with Crippen molar-refractivity contribution in [3.63, 3.8) is 0 Å². The van der Waals surface area contributed by atoms with Gasteiger partial charge in [-0.1, -0.05) is 42.0 Å². The molecule has 0 aliphatic carbocycles. The van der Waals surface area contributed by atoms with E-state index < -0.39 is 0 Å². The van der Waals surface area contributed by atoms with E-state index in [1.165, 1.54) is 0 Å². The van der Waals surface area contributed by atoms with Gasteiger partial charge in [-0.25, -0.2) is 0 Å². The lowest BCUT2D eigenvalue weighted by Gasteiger charge is -2.25. The zero-order valence-electron chi connectivity index (χ0n) is 11.5. The van der Waals surface area contributed by atoms with Gasteiger partial charge in [0.15, 0.2) is 0 Å². The highest BCUT2D eigenvalue weighted by atomic mass is 127. The van der Waals surface area contributed by atoms with Crippen LogP contribution in [0, 0.1) is 9.49 Å². The van der Waals surface area contributed by atoms with Crippen LogP contribution in [-0.4, -0.2) is 28.9 Å². The molecule has 1 amide bonds. The van der Waals surface area contributed by atoms with E-state index in [9.17, 15) is 4.79 Å². The Morgan fingerprint density at radius 1 is 1.50 bits per heavy atom. The predicted molar refractivity (Wildman–Crippen MR) is 99.0 cm³/mol. The molecule has 6 heteroatoms. The summed E-state index contributed by atoms with van der Waals surface area (Å²) in [6.45, 7) is 5.44. The zero-order valence-corrected chi connectivity index (χ0v) is 16.1. The number of carbonyl (C=O) groups is 1. The average molecular weight is 469 g/mol. The van der Waals surface area contributed by atoms with E-state index in [0.717, 1.165) is 8.04 Å². The van der Waals surface area contributed by atoms with Crippen molar-refractivity contribution in [1.29, 1.82) is 0 Å². The molecular formula is C14H18BrIN2OS. The third kappa shape index (κ3) is 5.65. The molecule has 0 unspecified atom stereocenters. The Hall–Kier alpha value is -0.210. The van der Waals surface area contributed by atoms with Crippen LogP contribution in [0.3, 0.4) is 0 Å². The number of benzene rings is 1. The van der Waals surface area contributed by atoms with Crippen LogP contribution in [0.1, 0.15) is 30.6 Å². The topological polar surface area (TPSA) is 46.3 Å². The van der Waals surface area contributed by atoms with Gasteiger partial charge < -0.3 is 10.6 Å². The number of rotatable bonds is 6. The van der Waals surface area contributed by atoms with Crippen molar-refractivity contribution in [2.24, 2.45) is 11.7 Å². The lowest BCUT2D eigenvalue weighted by Crippen LogP contribution is -2.36. The number of nitrogens with two attached hydrogens (primary N) is 1. The molecule has 0 saturated heterocycles. The molecule has 0 atom stereocenters. The molecule has 0 aliphatic heterocycles. The van der Waals surface area contributed by atoms with E-state index >= 15 is 0 Å². The molecule has 0 aliphatic rings. The minimum absolute atomic E-state index is 0.0284. The number of hydrogen-bond acceptors (Lipinski definition) is 2. The van der Waals surface area contributed by atoms with Gasteiger partial charge in [-0.2, -0.15) is 0 Å². The maximum absolute atomic E-state index is 12.7. The lowest BCUT2D eigenvalue weighted by atomic mass is 10.1. The van der Waals surface area contributed by atoms with Gasteiger partial charge in [0.1, 0.15) is 0 Å². The Morgan fingerprint density at radius 3 is 2.70 bits per heavy atom. The van der Waals surface area contributed by atoms with Gasteiger partial charge in [0.2, 0.25) is 0 Å². The summed E-state index contributed by atoms with van der Waals surface area (Å²) >= 11 is 10.5. The number of thiocarbonyl (C=S) groups is 1. The van der Waals surface area contributed by atoms with Gasteiger partial charge in [-0.05, 0) is 46.7 Å². The van der Waals surface area contributed by atoms with Crippen LogP contribution in [0.25, 0.3) is 0 Å². The SMILES string of the molecule is CC(C)CN(CCC(N)=S)C(=O)c1cc(Br)ccc1I. The molecule has 0 saturated carbocycles. The molecule has 2 N–H and O–H groups in total. The fourth-order valence-corrected chi connectivity index (χ4v) is 2.81. The fraction of sp³-hybridized carbons (Fsp3) is 0.429. The van der Waals surface area contributed by atoms with Crippen molar-refractivity contribution in [3.05, 3.63) is 31.8 Å². The largest absolute Gasteiger partial charge is 0.393 e. The molecular weight excluding hydrogens is 451 g/mol. The second kappa shape index (κ2) is 8.29. The Labute approximate surface area is 147 Å². The number of carbonyl (C=O) groups excluding carboxylic acids is 1. The number of amides is 1. The molecule has 0 fully saturated rings. The number of halogens is 2. The highest BCUT2D eigenvalue weighted by Crippen LogP contribution is 2.20. The molecule has 1 aromatic carbocycles. The van der Waals surface area contributed by atoms with Crippen LogP contribution >= 0.6 is 50.7 Å². The predicted octanol–water partition coefficient (Wildman–Crippen LogP) is 3.83. The lowest BCUT2D eigenvalue weighted by molar-refractivity contribution is 0.0740. The normalized spacial score (nSPS) is 10.7. The summed E-state index contributed by atoms with van der Waals surface area (Å²) < 4.78 is 1.85. The summed E-state index contributed by atoms with van der Waals surface area (Å²) in [5.41, 5.74) is 6.26. The minimum Gasteiger partial charge on any atom is -0.393 e. The van der Waals surface area contributed by atoms with Crippen molar-refractivity contribution in [3.8, 4) is 0 Å². The molecule has 1 aromatic rings. The Morgan fingerprint density at radius 2 is 2.15 bits per heavy atom. The molecule has 0 spiro atoms. The summed E-state index contributed by atoms with van der Waals surface area (Å²) in [5, 5.41) is 0. The molecule has 3 nitrogen and oxygen atoms in total. The standard InChI is InChI=1S/C14H18BrIN2OS/c1-9(2)8-18(6-5-13(17)20)14(19)11-7-10(15)3-4-12(11)16/h3-4,7,9H,5-6,8H2,1-2H3,(H2,17,20). The van der Waals surface area contributed by atoms with Crippen molar-refractivity contribution >= 4 is 61.6 Å². The Bertz CT molecular complexity index is 508. The highest BCUT2D eigenvalue weighted by molar-refractivity contribution is 14.1. The number of hydrogen-bond donors (Lipinski definition) is 1. The Balaban J connectivity index is 2.96. The summed E-state index contributed by atoms with van der Waals surface area (Å²) in [6.07, 6.45) is 0.554. The highest BCUT2D eigenvalue weighted by Gasteiger charge is 2.19. The average Bonchev–Trinajstić information content (AvgIpc) is 2.36. The van der Waals surface area contributed by atoms with Crippen molar-refractivity contribution in [2.75, 3.05) is 13.1 Å². The van der Waals surface area contributed by atoms with Crippen LogP contribution in [0.4, 0.5) is 0 Å². The van der Waals surface area contributed by atoms with E-state index in [4.69, 9.17) is 18.0 Å². The molecule has 110 valence electrons. The second-order valence-corrected chi connectivity index (χ2v) is 7.59. The van der Waals surface area contributed by atoms with Crippen LogP contribution in [-0.2, 0) is 0 Å². The third-order valence-electron chi connectivity index (χ3n) is 2.66. The molecule has 1 rings (SSSR count). The van der Waals surface area contributed by atoms with Crippen LogP contribution in [0.5, 0.6) is 0 Å². The van der Waals surface area contributed by atoms with E-state index in [1.807, 2.05) is 23.1 Å². The molecule has 0 radical (unpaired) electrons. The van der Waals surface area contributed by atoms with Gasteiger partial charge in [0.05, 0.1) is 10.6 Å².